The molecule has 0 atom stereocenters. The van der Waals surface area contributed by atoms with Crippen molar-refractivity contribution < 1.29 is 9.59 Å². The van der Waals surface area contributed by atoms with E-state index in [1.165, 1.54) is 0 Å². The van der Waals surface area contributed by atoms with Crippen LogP contribution in [-0.4, -0.2) is 23.9 Å². The van der Waals surface area contributed by atoms with Crippen LogP contribution in [0.3, 0.4) is 0 Å². The molecule has 0 heterocycles. The van der Waals surface area contributed by atoms with Crippen LogP contribution in [0.2, 0.25) is 5.02 Å². The van der Waals surface area contributed by atoms with Crippen LogP contribution in [0.4, 0.5) is 11.4 Å². The fourth-order valence-electron chi connectivity index (χ4n) is 2.21. The number of nitrogens with one attached hydrogen (secondary N) is 3. The van der Waals surface area contributed by atoms with Gasteiger partial charge >= 0.3 is 0 Å². The summed E-state index contributed by atoms with van der Waals surface area (Å²) in [6, 6.07) is 12.3. The van der Waals surface area contributed by atoms with Gasteiger partial charge in [-0.1, -0.05) is 17.7 Å². The van der Waals surface area contributed by atoms with Crippen LogP contribution in [0.5, 0.6) is 0 Å². The molecule has 0 unspecified atom stereocenters. The van der Waals surface area contributed by atoms with Crippen molar-refractivity contribution in [3.8, 4) is 0 Å². The maximum absolute atomic E-state index is 12.1. The van der Waals surface area contributed by atoms with Gasteiger partial charge in [0.2, 0.25) is 5.91 Å². The van der Waals surface area contributed by atoms with Crippen LogP contribution in [0.25, 0.3) is 0 Å². The number of hydrogen-bond donors (Lipinski definition) is 3. The van der Waals surface area contributed by atoms with Crippen molar-refractivity contribution >= 4 is 34.8 Å². The van der Waals surface area contributed by atoms with Gasteiger partial charge in [-0.25, -0.2) is 0 Å². The van der Waals surface area contributed by atoms with E-state index < -0.39 is 0 Å². The van der Waals surface area contributed by atoms with E-state index >= 15 is 0 Å². The second-order valence-corrected chi connectivity index (χ2v) is 7.55. The third-order valence-electron chi connectivity index (χ3n) is 3.54. The number of amides is 2. The first-order chi connectivity index (χ1) is 12.1. The first kappa shape index (κ1) is 19.8. The van der Waals surface area contributed by atoms with Gasteiger partial charge in [-0.2, -0.15) is 0 Å². The minimum Gasteiger partial charge on any atom is -0.376 e. The topological polar surface area (TPSA) is 70.2 Å². The van der Waals surface area contributed by atoms with Gasteiger partial charge in [0.1, 0.15) is 0 Å². The van der Waals surface area contributed by atoms with Crippen LogP contribution in [0.1, 0.15) is 36.7 Å². The van der Waals surface area contributed by atoms with Crippen molar-refractivity contribution in [1.29, 1.82) is 0 Å². The lowest BCUT2D eigenvalue weighted by Crippen LogP contribution is -2.40. The monoisotopic (exact) mass is 373 g/mol. The van der Waals surface area contributed by atoms with Gasteiger partial charge in [-0.15, -0.1) is 0 Å². The van der Waals surface area contributed by atoms with E-state index in [0.717, 1.165) is 11.3 Å². The lowest BCUT2D eigenvalue weighted by Gasteiger charge is -2.20. The Balaban J connectivity index is 1.88. The van der Waals surface area contributed by atoms with E-state index in [1.54, 1.807) is 30.3 Å². The van der Waals surface area contributed by atoms with Gasteiger partial charge < -0.3 is 16.0 Å². The highest BCUT2D eigenvalue weighted by Gasteiger charge is 2.15. The number of anilines is 2. The van der Waals surface area contributed by atoms with E-state index in [9.17, 15) is 9.59 Å². The summed E-state index contributed by atoms with van der Waals surface area (Å²) in [4.78, 5) is 24.1. The molecular formula is C20H24ClN3O2. The zero-order valence-corrected chi connectivity index (χ0v) is 16.2. The predicted octanol–water partition coefficient (Wildman–Crippen LogP) is 4.23. The Morgan fingerprint density at radius 2 is 1.62 bits per heavy atom. The zero-order chi connectivity index (χ0) is 19.3. The molecule has 0 saturated heterocycles. The van der Waals surface area contributed by atoms with Crippen molar-refractivity contribution in [2.75, 3.05) is 17.2 Å². The summed E-state index contributed by atoms with van der Waals surface area (Å²) in [6.45, 7) is 7.81. The van der Waals surface area contributed by atoms with Gasteiger partial charge in [0, 0.05) is 27.5 Å². The summed E-state index contributed by atoms with van der Waals surface area (Å²) in [5, 5.41) is 9.36. The molecule has 0 spiro atoms. The van der Waals surface area contributed by atoms with Crippen molar-refractivity contribution in [2.24, 2.45) is 0 Å². The second-order valence-electron chi connectivity index (χ2n) is 7.15. The first-order valence-electron chi connectivity index (χ1n) is 8.36. The molecule has 3 N–H and O–H groups in total. The number of benzene rings is 2. The standard InChI is InChI=1S/C20H24ClN3O2/c1-13-5-8-16(11-17(13)21)22-12-18(25)23-15-9-6-14(7-10-15)19(26)24-20(2,3)4/h5-11,22H,12H2,1-4H3,(H,23,25)(H,24,26). The number of halogens is 1. The SMILES string of the molecule is Cc1ccc(NCC(=O)Nc2ccc(C(=O)NC(C)(C)C)cc2)cc1Cl. The Hall–Kier alpha value is -2.53. The van der Waals surface area contributed by atoms with Crippen LogP contribution in [-0.2, 0) is 4.79 Å². The molecule has 0 radical (unpaired) electrons. The highest BCUT2D eigenvalue weighted by molar-refractivity contribution is 6.31. The van der Waals surface area contributed by atoms with Crippen molar-refractivity contribution in [2.45, 2.75) is 33.2 Å². The molecule has 6 heteroatoms. The fraction of sp³-hybridized carbons (Fsp3) is 0.300. The molecule has 0 bridgehead atoms. The Kier molecular flexibility index (Phi) is 6.27. The average Bonchev–Trinajstić information content (AvgIpc) is 2.55. The summed E-state index contributed by atoms with van der Waals surface area (Å²) >= 11 is 6.07. The molecule has 0 aliphatic carbocycles. The van der Waals surface area contributed by atoms with E-state index in [2.05, 4.69) is 16.0 Å². The average molecular weight is 374 g/mol. The largest absolute Gasteiger partial charge is 0.376 e. The maximum Gasteiger partial charge on any atom is 0.251 e. The molecule has 0 aliphatic heterocycles. The summed E-state index contributed by atoms with van der Waals surface area (Å²) in [7, 11) is 0. The van der Waals surface area contributed by atoms with Crippen LogP contribution in [0, 0.1) is 6.92 Å². The molecule has 2 amide bonds. The molecule has 2 rings (SSSR count). The number of carbonyl (C=O) groups is 2. The van der Waals surface area contributed by atoms with Crippen molar-refractivity contribution in [3.05, 3.63) is 58.6 Å². The Morgan fingerprint density at radius 1 is 1.00 bits per heavy atom. The van der Waals surface area contributed by atoms with Crippen LogP contribution < -0.4 is 16.0 Å². The summed E-state index contributed by atoms with van der Waals surface area (Å²) in [5.74, 6) is -0.332. The van der Waals surface area contributed by atoms with Crippen LogP contribution in [0.15, 0.2) is 42.5 Å². The summed E-state index contributed by atoms with van der Waals surface area (Å²) < 4.78 is 0. The van der Waals surface area contributed by atoms with Crippen LogP contribution >= 0.6 is 11.6 Å². The van der Waals surface area contributed by atoms with E-state index in [1.807, 2.05) is 39.8 Å². The molecule has 138 valence electrons. The zero-order valence-electron chi connectivity index (χ0n) is 15.4. The van der Waals surface area contributed by atoms with Gasteiger partial charge in [-0.3, -0.25) is 9.59 Å². The molecule has 5 nitrogen and oxygen atoms in total. The minimum absolute atomic E-state index is 0.117. The van der Waals surface area contributed by atoms with E-state index in [-0.39, 0.29) is 23.9 Å². The first-order valence-corrected chi connectivity index (χ1v) is 8.74. The lowest BCUT2D eigenvalue weighted by molar-refractivity contribution is -0.114. The van der Waals surface area contributed by atoms with Gasteiger partial charge in [0.15, 0.2) is 0 Å². The Bertz CT molecular complexity index is 796. The normalized spacial score (nSPS) is 11.0. The molecule has 2 aromatic carbocycles. The lowest BCUT2D eigenvalue weighted by atomic mass is 10.1. The molecule has 0 fully saturated rings. The Labute approximate surface area is 159 Å². The predicted molar refractivity (Wildman–Crippen MR) is 107 cm³/mol. The number of rotatable bonds is 5. The highest BCUT2D eigenvalue weighted by Crippen LogP contribution is 2.19. The third kappa shape index (κ3) is 6.08. The summed E-state index contributed by atoms with van der Waals surface area (Å²) in [5.41, 5.74) is 2.65. The highest BCUT2D eigenvalue weighted by atomic mass is 35.5. The third-order valence-corrected chi connectivity index (χ3v) is 3.95. The number of aryl methyl sites for hydroxylation is 1. The Morgan fingerprint density at radius 3 is 2.19 bits per heavy atom. The second kappa shape index (κ2) is 8.23. The maximum atomic E-state index is 12.1. The van der Waals surface area contributed by atoms with Gasteiger partial charge in [0.05, 0.1) is 6.54 Å². The quantitative estimate of drug-likeness (QED) is 0.734. The molecule has 0 aromatic heterocycles. The number of hydrogen-bond acceptors (Lipinski definition) is 3. The van der Waals surface area contributed by atoms with Gasteiger partial charge in [-0.05, 0) is 69.7 Å². The van der Waals surface area contributed by atoms with Gasteiger partial charge in [0.25, 0.3) is 5.91 Å². The molecule has 26 heavy (non-hydrogen) atoms. The molecule has 0 aliphatic rings. The fourth-order valence-corrected chi connectivity index (χ4v) is 2.39. The van der Waals surface area contributed by atoms with E-state index in [4.69, 9.17) is 11.6 Å². The number of carbonyl (C=O) groups excluding carboxylic acids is 2. The van der Waals surface area contributed by atoms with Crippen molar-refractivity contribution in [1.82, 2.24) is 5.32 Å². The minimum atomic E-state index is -0.297. The van der Waals surface area contributed by atoms with E-state index in [0.29, 0.717) is 16.3 Å². The molecule has 2 aromatic rings. The summed E-state index contributed by atoms with van der Waals surface area (Å²) in [6.07, 6.45) is 0. The molecule has 0 saturated carbocycles. The molecular weight excluding hydrogens is 350 g/mol. The van der Waals surface area contributed by atoms with Crippen molar-refractivity contribution in [3.63, 3.8) is 0 Å². The smallest absolute Gasteiger partial charge is 0.251 e.